The van der Waals surface area contributed by atoms with E-state index in [1.54, 1.807) is 0 Å². The molecule has 0 radical (unpaired) electrons. The minimum Gasteiger partial charge on any atom is -0.481 e. The van der Waals surface area contributed by atoms with Crippen LogP contribution in [-0.2, 0) is 14.3 Å². The van der Waals surface area contributed by atoms with Crippen LogP contribution in [0.1, 0.15) is 32.1 Å². The lowest BCUT2D eigenvalue weighted by Gasteiger charge is -2.22. The van der Waals surface area contributed by atoms with E-state index in [4.69, 9.17) is 9.84 Å². The van der Waals surface area contributed by atoms with Gasteiger partial charge in [0.1, 0.15) is 0 Å². The van der Waals surface area contributed by atoms with E-state index >= 15 is 0 Å². The summed E-state index contributed by atoms with van der Waals surface area (Å²) >= 11 is 0. The quantitative estimate of drug-likeness (QED) is 0.706. The van der Waals surface area contributed by atoms with Crippen molar-refractivity contribution in [3.05, 3.63) is 0 Å². The van der Waals surface area contributed by atoms with E-state index < -0.39 is 5.97 Å². The molecule has 2 N–H and O–H groups in total. The maximum Gasteiger partial charge on any atom is 0.303 e. The standard InChI is InChI=1S/C11H19NO4/c13-10(4-1-5-11(14)15)12-7-9-3-2-6-16-8-9/h9H,1-8H2,(H,12,13)(H,14,15). The van der Waals surface area contributed by atoms with Crippen LogP contribution >= 0.6 is 0 Å². The smallest absolute Gasteiger partial charge is 0.303 e. The van der Waals surface area contributed by atoms with Crippen molar-refractivity contribution in [1.82, 2.24) is 5.32 Å². The van der Waals surface area contributed by atoms with Crippen molar-refractivity contribution < 1.29 is 19.4 Å². The van der Waals surface area contributed by atoms with Gasteiger partial charge in [-0.2, -0.15) is 0 Å². The van der Waals surface area contributed by atoms with Crippen molar-refractivity contribution in [1.29, 1.82) is 0 Å². The van der Waals surface area contributed by atoms with Gasteiger partial charge in [-0.1, -0.05) is 0 Å². The molecule has 5 heteroatoms. The Balaban J connectivity index is 2.02. The second-order valence-corrected chi connectivity index (χ2v) is 4.13. The van der Waals surface area contributed by atoms with Crippen LogP contribution in [0.4, 0.5) is 0 Å². The van der Waals surface area contributed by atoms with E-state index in [1.807, 2.05) is 0 Å². The van der Waals surface area contributed by atoms with Crippen molar-refractivity contribution in [2.45, 2.75) is 32.1 Å². The molecule has 1 atom stereocenters. The highest BCUT2D eigenvalue weighted by atomic mass is 16.5. The lowest BCUT2D eigenvalue weighted by molar-refractivity contribution is -0.137. The molecule has 1 saturated heterocycles. The number of amides is 1. The fraction of sp³-hybridized carbons (Fsp3) is 0.818. The summed E-state index contributed by atoms with van der Waals surface area (Å²) in [6.45, 7) is 2.18. The lowest BCUT2D eigenvalue weighted by atomic mass is 10.0. The van der Waals surface area contributed by atoms with E-state index in [1.165, 1.54) is 0 Å². The zero-order valence-electron chi connectivity index (χ0n) is 9.41. The summed E-state index contributed by atoms with van der Waals surface area (Å²) in [5.41, 5.74) is 0. The summed E-state index contributed by atoms with van der Waals surface area (Å²) in [6, 6.07) is 0. The number of carbonyl (C=O) groups excluding carboxylic acids is 1. The summed E-state index contributed by atoms with van der Waals surface area (Å²) in [7, 11) is 0. The molecule has 0 bridgehead atoms. The average molecular weight is 229 g/mol. The van der Waals surface area contributed by atoms with Gasteiger partial charge in [-0.15, -0.1) is 0 Å². The SMILES string of the molecule is O=C(O)CCCC(=O)NCC1CCCOC1. The van der Waals surface area contributed by atoms with Crippen molar-refractivity contribution in [3.8, 4) is 0 Å². The third kappa shape index (κ3) is 5.70. The maximum absolute atomic E-state index is 11.3. The van der Waals surface area contributed by atoms with Crippen LogP contribution in [0, 0.1) is 5.92 Å². The number of ether oxygens (including phenoxy) is 1. The van der Waals surface area contributed by atoms with Gasteiger partial charge in [0.15, 0.2) is 0 Å². The van der Waals surface area contributed by atoms with E-state index in [0.29, 0.717) is 25.3 Å². The van der Waals surface area contributed by atoms with Gasteiger partial charge >= 0.3 is 5.97 Å². The number of hydrogen-bond donors (Lipinski definition) is 2. The first-order valence-corrected chi connectivity index (χ1v) is 5.74. The Labute approximate surface area is 95.2 Å². The van der Waals surface area contributed by atoms with E-state index in [9.17, 15) is 9.59 Å². The zero-order chi connectivity index (χ0) is 11.8. The molecule has 0 spiro atoms. The van der Waals surface area contributed by atoms with Gasteiger partial charge < -0.3 is 15.2 Å². The molecule has 0 aromatic heterocycles. The van der Waals surface area contributed by atoms with E-state index in [-0.39, 0.29) is 12.3 Å². The Hall–Kier alpha value is -1.10. The average Bonchev–Trinajstić information content (AvgIpc) is 2.27. The summed E-state index contributed by atoms with van der Waals surface area (Å²) in [6.07, 6.45) is 2.90. The number of hydrogen-bond acceptors (Lipinski definition) is 3. The monoisotopic (exact) mass is 229 g/mol. The zero-order valence-corrected chi connectivity index (χ0v) is 9.41. The fourth-order valence-corrected chi connectivity index (χ4v) is 1.72. The van der Waals surface area contributed by atoms with E-state index in [0.717, 1.165) is 26.1 Å². The fourth-order valence-electron chi connectivity index (χ4n) is 1.72. The molecule has 0 aromatic carbocycles. The highest BCUT2D eigenvalue weighted by Crippen LogP contribution is 2.12. The van der Waals surface area contributed by atoms with Gasteiger partial charge in [0.25, 0.3) is 0 Å². The second kappa shape index (κ2) is 7.22. The predicted octanol–water partition coefficient (Wildman–Crippen LogP) is 0.784. The molecule has 0 aromatic rings. The van der Waals surface area contributed by atoms with Gasteiger partial charge in [-0.3, -0.25) is 9.59 Å². The minimum atomic E-state index is -0.853. The molecule has 1 aliphatic heterocycles. The highest BCUT2D eigenvalue weighted by molar-refractivity contribution is 5.76. The van der Waals surface area contributed by atoms with Crippen molar-refractivity contribution in [2.24, 2.45) is 5.92 Å². The van der Waals surface area contributed by atoms with Gasteiger partial charge in [0.2, 0.25) is 5.91 Å². The molecular weight excluding hydrogens is 210 g/mol. The molecule has 1 fully saturated rings. The van der Waals surface area contributed by atoms with Crippen LogP contribution in [-0.4, -0.2) is 36.7 Å². The number of carboxylic acids is 1. The van der Waals surface area contributed by atoms with Gasteiger partial charge in [-0.25, -0.2) is 0 Å². The number of rotatable bonds is 6. The van der Waals surface area contributed by atoms with Crippen molar-refractivity contribution >= 4 is 11.9 Å². The molecule has 0 aliphatic carbocycles. The third-order valence-corrected chi connectivity index (χ3v) is 2.64. The lowest BCUT2D eigenvalue weighted by Crippen LogP contribution is -2.33. The Morgan fingerprint density at radius 3 is 2.81 bits per heavy atom. The molecule has 92 valence electrons. The van der Waals surface area contributed by atoms with Gasteiger partial charge in [-0.05, 0) is 25.2 Å². The van der Waals surface area contributed by atoms with Crippen LogP contribution in [0.3, 0.4) is 0 Å². The number of carbonyl (C=O) groups is 2. The Morgan fingerprint density at radius 1 is 1.38 bits per heavy atom. The molecule has 1 aliphatic rings. The van der Waals surface area contributed by atoms with Crippen LogP contribution in [0.15, 0.2) is 0 Å². The second-order valence-electron chi connectivity index (χ2n) is 4.13. The molecule has 1 rings (SSSR count). The number of nitrogens with one attached hydrogen (secondary N) is 1. The van der Waals surface area contributed by atoms with E-state index in [2.05, 4.69) is 5.32 Å². The molecule has 1 unspecified atom stereocenters. The molecule has 0 saturated carbocycles. The summed E-state index contributed by atoms with van der Waals surface area (Å²) < 4.78 is 5.30. The van der Waals surface area contributed by atoms with Crippen molar-refractivity contribution in [2.75, 3.05) is 19.8 Å². The molecule has 16 heavy (non-hydrogen) atoms. The van der Waals surface area contributed by atoms with Gasteiger partial charge in [0, 0.05) is 26.0 Å². The maximum atomic E-state index is 11.3. The number of aliphatic carboxylic acids is 1. The summed E-state index contributed by atoms with van der Waals surface area (Å²) in [5.74, 6) is -0.502. The first-order chi connectivity index (χ1) is 7.68. The topological polar surface area (TPSA) is 75.6 Å². The normalized spacial score (nSPS) is 20.4. The molecule has 1 amide bonds. The van der Waals surface area contributed by atoms with Crippen molar-refractivity contribution in [3.63, 3.8) is 0 Å². The predicted molar refractivity (Wildman–Crippen MR) is 58.0 cm³/mol. The minimum absolute atomic E-state index is 0.0555. The first-order valence-electron chi connectivity index (χ1n) is 5.74. The third-order valence-electron chi connectivity index (χ3n) is 2.64. The Morgan fingerprint density at radius 2 is 2.19 bits per heavy atom. The highest BCUT2D eigenvalue weighted by Gasteiger charge is 2.14. The van der Waals surface area contributed by atoms with Gasteiger partial charge in [0.05, 0.1) is 6.61 Å². The van der Waals surface area contributed by atoms with Crippen LogP contribution < -0.4 is 5.32 Å². The Bertz CT molecular complexity index is 236. The van der Waals surface area contributed by atoms with Crippen LogP contribution in [0.2, 0.25) is 0 Å². The molecule has 5 nitrogen and oxygen atoms in total. The summed E-state index contributed by atoms with van der Waals surface area (Å²) in [4.78, 5) is 21.6. The number of carboxylic acid groups (broad SMARTS) is 1. The largest absolute Gasteiger partial charge is 0.481 e. The Kier molecular flexibility index (Phi) is 5.85. The van der Waals surface area contributed by atoms with Crippen LogP contribution in [0.5, 0.6) is 0 Å². The molecular formula is C11H19NO4. The summed E-state index contributed by atoms with van der Waals surface area (Å²) in [5, 5.41) is 11.2. The van der Waals surface area contributed by atoms with Crippen LogP contribution in [0.25, 0.3) is 0 Å². The molecule has 1 heterocycles. The first kappa shape index (κ1) is 13.0.